The van der Waals surface area contributed by atoms with E-state index in [0.29, 0.717) is 12.8 Å². The van der Waals surface area contributed by atoms with Crippen molar-refractivity contribution in [1.82, 2.24) is 0 Å². The number of aliphatic hydroxyl groups excluding tert-OH is 1. The van der Waals surface area contributed by atoms with Crippen molar-refractivity contribution in [2.75, 3.05) is 0 Å². The molecule has 0 aromatic heterocycles. The third kappa shape index (κ3) is 16.7. The Morgan fingerprint density at radius 1 is 0.852 bits per heavy atom. The predicted octanol–water partition coefficient (Wildman–Crippen LogP) is 6.01. The van der Waals surface area contributed by atoms with Crippen LogP contribution in [-0.2, 0) is 4.79 Å². The monoisotopic (exact) mass is 383 g/mol. The van der Waals surface area contributed by atoms with Crippen molar-refractivity contribution >= 4 is 6.29 Å². The molecular weight excluding hydrogens is 342 g/mol. The lowest BCUT2D eigenvalue weighted by Crippen LogP contribution is -2.33. The molecule has 27 heavy (non-hydrogen) atoms. The second-order valence-corrected chi connectivity index (χ2v) is 7.59. The summed E-state index contributed by atoms with van der Waals surface area (Å²) in [6, 6.07) is -0.789. The van der Waals surface area contributed by atoms with Crippen LogP contribution in [0, 0.1) is 10.1 Å². The number of hydrogen-bond donors (Lipinski definition) is 1. The van der Waals surface area contributed by atoms with Crippen molar-refractivity contribution in [2.24, 2.45) is 0 Å². The largest absolute Gasteiger partial charge is 0.386 e. The molecule has 0 aliphatic heterocycles. The Kier molecular flexibility index (Phi) is 18.6. The Bertz CT molecular complexity index is 385. The van der Waals surface area contributed by atoms with Gasteiger partial charge < -0.3 is 5.11 Å². The highest BCUT2D eigenvalue weighted by molar-refractivity contribution is 5.64. The molecule has 0 aliphatic carbocycles. The number of unbranched alkanes of at least 4 members (excludes halogenated alkanes) is 12. The van der Waals surface area contributed by atoms with Crippen LogP contribution in [-0.4, -0.2) is 28.5 Å². The van der Waals surface area contributed by atoms with E-state index in [1.54, 1.807) is 6.08 Å². The van der Waals surface area contributed by atoms with Gasteiger partial charge in [-0.15, -0.1) is 0 Å². The fourth-order valence-electron chi connectivity index (χ4n) is 3.42. The van der Waals surface area contributed by atoms with E-state index < -0.39 is 12.1 Å². The highest BCUT2D eigenvalue weighted by Gasteiger charge is 2.28. The number of aliphatic hydroxyl groups is 1. The van der Waals surface area contributed by atoms with E-state index in [1.165, 1.54) is 32.1 Å². The highest BCUT2D eigenvalue weighted by Crippen LogP contribution is 2.17. The lowest BCUT2D eigenvalue weighted by atomic mass is 9.98. The minimum Gasteiger partial charge on any atom is -0.386 e. The van der Waals surface area contributed by atoms with Gasteiger partial charge in [0.1, 0.15) is 12.4 Å². The van der Waals surface area contributed by atoms with Gasteiger partial charge in [0.2, 0.25) is 6.04 Å². The molecule has 0 saturated heterocycles. The molecule has 0 saturated carbocycles. The van der Waals surface area contributed by atoms with Gasteiger partial charge in [-0.05, 0) is 31.8 Å². The Labute approximate surface area is 165 Å². The van der Waals surface area contributed by atoms with Crippen LogP contribution in [0.15, 0.2) is 12.2 Å². The van der Waals surface area contributed by atoms with Crippen molar-refractivity contribution in [3.8, 4) is 0 Å². The molecule has 5 nitrogen and oxygen atoms in total. The lowest BCUT2D eigenvalue weighted by Gasteiger charge is -2.16. The normalized spacial score (nSPS) is 13.7. The number of carbonyl (C=O) groups excluding carboxylic acids is 1. The van der Waals surface area contributed by atoms with Crippen molar-refractivity contribution in [1.29, 1.82) is 0 Å². The number of nitro groups is 1. The highest BCUT2D eigenvalue weighted by atomic mass is 16.6. The van der Waals surface area contributed by atoms with Crippen molar-refractivity contribution in [3.05, 3.63) is 22.3 Å². The summed E-state index contributed by atoms with van der Waals surface area (Å²) in [5.74, 6) is 0. The molecule has 0 fully saturated rings. The Balaban J connectivity index is 3.56. The van der Waals surface area contributed by atoms with Crippen LogP contribution >= 0.6 is 0 Å². The summed E-state index contributed by atoms with van der Waals surface area (Å²) in [7, 11) is 0. The molecule has 1 N–H and O–H groups in total. The van der Waals surface area contributed by atoms with Gasteiger partial charge in [-0.1, -0.05) is 83.6 Å². The van der Waals surface area contributed by atoms with Crippen LogP contribution in [0.3, 0.4) is 0 Å². The number of carbonyl (C=O) groups is 1. The molecule has 0 amide bonds. The second-order valence-electron chi connectivity index (χ2n) is 7.59. The van der Waals surface area contributed by atoms with E-state index in [4.69, 9.17) is 0 Å². The second kappa shape index (κ2) is 19.5. The first kappa shape index (κ1) is 25.8. The number of aldehydes is 1. The van der Waals surface area contributed by atoms with Crippen LogP contribution < -0.4 is 0 Å². The molecule has 0 rings (SSSR count). The maximum absolute atomic E-state index is 11.2. The summed E-state index contributed by atoms with van der Waals surface area (Å²) >= 11 is 0. The van der Waals surface area contributed by atoms with Gasteiger partial charge in [0.05, 0.1) is 0 Å². The summed E-state index contributed by atoms with van der Waals surface area (Å²) in [5.41, 5.74) is 0. The lowest BCUT2D eigenvalue weighted by molar-refractivity contribution is -0.535. The van der Waals surface area contributed by atoms with Crippen LogP contribution in [0.1, 0.15) is 110 Å². The SMILES string of the molecule is CCCCCCC(C(O)CCCCCCCCCCC/C=C/C=O)[N+](=O)[O-]. The van der Waals surface area contributed by atoms with Gasteiger partial charge >= 0.3 is 0 Å². The van der Waals surface area contributed by atoms with E-state index in [0.717, 1.165) is 64.1 Å². The molecule has 0 aromatic carbocycles. The Morgan fingerprint density at radius 2 is 1.37 bits per heavy atom. The Hall–Kier alpha value is -1.23. The molecule has 158 valence electrons. The van der Waals surface area contributed by atoms with Gasteiger partial charge in [-0.3, -0.25) is 14.9 Å². The van der Waals surface area contributed by atoms with E-state index in [1.807, 2.05) is 6.08 Å². The molecule has 0 aromatic rings. The topological polar surface area (TPSA) is 80.4 Å². The summed E-state index contributed by atoms with van der Waals surface area (Å²) < 4.78 is 0. The zero-order chi connectivity index (χ0) is 20.2. The molecular formula is C22H41NO4. The van der Waals surface area contributed by atoms with Gasteiger partial charge in [-0.2, -0.15) is 0 Å². The minimum absolute atomic E-state index is 0.286. The van der Waals surface area contributed by atoms with Crippen molar-refractivity contribution in [3.63, 3.8) is 0 Å². The van der Waals surface area contributed by atoms with Crippen LogP contribution in [0.4, 0.5) is 0 Å². The van der Waals surface area contributed by atoms with Crippen LogP contribution in [0.25, 0.3) is 0 Å². The Morgan fingerprint density at radius 3 is 1.93 bits per heavy atom. The summed E-state index contributed by atoms with van der Waals surface area (Å²) in [5, 5.41) is 21.3. The average Bonchev–Trinajstić information content (AvgIpc) is 2.65. The number of rotatable bonds is 20. The van der Waals surface area contributed by atoms with Crippen LogP contribution in [0.5, 0.6) is 0 Å². The fraction of sp³-hybridized carbons (Fsp3) is 0.864. The van der Waals surface area contributed by atoms with Crippen LogP contribution in [0.2, 0.25) is 0 Å². The van der Waals surface area contributed by atoms with Crippen molar-refractivity contribution < 1.29 is 14.8 Å². The molecule has 0 radical (unpaired) electrons. The fourth-order valence-corrected chi connectivity index (χ4v) is 3.42. The molecule has 0 bridgehead atoms. The summed E-state index contributed by atoms with van der Waals surface area (Å²) in [6.07, 6.45) is 20.0. The van der Waals surface area contributed by atoms with E-state index >= 15 is 0 Å². The number of nitrogens with zero attached hydrogens (tertiary/aromatic N) is 1. The molecule has 2 atom stereocenters. The van der Waals surface area contributed by atoms with Gasteiger partial charge in [0.25, 0.3) is 0 Å². The minimum atomic E-state index is -0.796. The van der Waals surface area contributed by atoms with Crippen molar-refractivity contribution in [2.45, 2.75) is 122 Å². The first-order valence-corrected chi connectivity index (χ1v) is 11.0. The standard InChI is InChI=1S/C22H41NO4/c1-2-3-4-15-18-21(23(26)27)22(25)19-16-13-11-9-7-5-6-8-10-12-14-17-20-24/h14,17,20-22,25H,2-13,15-16,18-19H2,1H3/b17-14+. The maximum atomic E-state index is 11.2. The predicted molar refractivity (Wildman–Crippen MR) is 112 cm³/mol. The molecule has 2 unspecified atom stereocenters. The van der Waals surface area contributed by atoms with Gasteiger partial charge in [0.15, 0.2) is 0 Å². The van der Waals surface area contributed by atoms with E-state index in [9.17, 15) is 20.0 Å². The van der Waals surface area contributed by atoms with Gasteiger partial charge in [-0.25, -0.2) is 0 Å². The zero-order valence-electron chi connectivity index (χ0n) is 17.3. The molecule has 0 heterocycles. The molecule has 0 spiro atoms. The third-order valence-corrected chi connectivity index (χ3v) is 5.15. The smallest absolute Gasteiger partial charge is 0.238 e. The summed E-state index contributed by atoms with van der Waals surface area (Å²) in [6.45, 7) is 2.12. The first-order valence-electron chi connectivity index (χ1n) is 11.0. The summed E-state index contributed by atoms with van der Waals surface area (Å²) in [4.78, 5) is 21.0. The average molecular weight is 384 g/mol. The first-order chi connectivity index (χ1) is 13.1. The quantitative estimate of drug-likeness (QED) is 0.0917. The maximum Gasteiger partial charge on any atom is 0.238 e. The zero-order valence-corrected chi connectivity index (χ0v) is 17.3. The molecule has 0 aliphatic rings. The number of allylic oxidation sites excluding steroid dienone is 2. The molecule has 5 heteroatoms. The number of hydrogen-bond acceptors (Lipinski definition) is 4. The third-order valence-electron chi connectivity index (χ3n) is 5.15. The van der Waals surface area contributed by atoms with Gasteiger partial charge in [0, 0.05) is 11.3 Å². The van der Waals surface area contributed by atoms with E-state index in [-0.39, 0.29) is 4.92 Å². The van der Waals surface area contributed by atoms with E-state index in [2.05, 4.69) is 6.92 Å².